The van der Waals surface area contributed by atoms with Crippen LogP contribution in [0.3, 0.4) is 0 Å². The van der Waals surface area contributed by atoms with Crippen LogP contribution in [0.5, 0.6) is 0 Å². The third-order valence-corrected chi connectivity index (χ3v) is 25.1. The van der Waals surface area contributed by atoms with Crippen molar-refractivity contribution in [1.82, 2.24) is 19.9 Å². The average Bonchev–Trinajstić information content (AvgIpc) is 1.54. The number of nitrogens with zero attached hydrogens (tertiary/aromatic N) is 2. The highest BCUT2D eigenvalue weighted by atomic mass is 16.1. The number of fused-ring (bicyclic) bond motifs is 4. The van der Waals surface area contributed by atoms with Crippen LogP contribution in [0.25, 0.3) is 175 Å². The van der Waals surface area contributed by atoms with Crippen molar-refractivity contribution < 1.29 is 0 Å². The molecular weight excluding hydrogens is 1480 g/mol. The Morgan fingerprint density at radius 1 is 0.175 bits per heavy atom. The van der Waals surface area contributed by atoms with Crippen LogP contribution in [0.2, 0.25) is 0 Å². The fourth-order valence-electron chi connectivity index (χ4n) is 17.6. The van der Waals surface area contributed by atoms with E-state index in [1.807, 2.05) is 48.5 Å². The van der Waals surface area contributed by atoms with Crippen LogP contribution in [-0.2, 0) is 43.3 Å². The van der Waals surface area contributed by atoms with Gasteiger partial charge in [-0.1, -0.05) is 239 Å². The molecule has 12 heteroatoms. The van der Waals surface area contributed by atoms with Gasteiger partial charge in [0.15, 0.2) is 43.4 Å². The zero-order valence-corrected chi connectivity index (χ0v) is 73.3. The van der Waals surface area contributed by atoms with Gasteiger partial charge in [0.25, 0.3) is 0 Å². The first-order chi connectivity index (χ1) is 55.8. The van der Waals surface area contributed by atoms with Crippen molar-refractivity contribution in [2.45, 2.75) is 209 Å². The van der Waals surface area contributed by atoms with Gasteiger partial charge in [-0.3, -0.25) is 38.4 Å². The molecule has 0 amide bonds. The quantitative estimate of drug-likeness (QED) is 0.171. The van der Waals surface area contributed by atoms with E-state index in [1.165, 1.54) is 48.5 Å². The van der Waals surface area contributed by atoms with E-state index in [0.717, 1.165) is 44.5 Å². The molecule has 13 aromatic carbocycles. The van der Waals surface area contributed by atoms with Crippen LogP contribution in [0, 0.1) is 0 Å². The Balaban J connectivity index is 1.35. The minimum atomic E-state index is -0.483. The van der Waals surface area contributed by atoms with Crippen molar-refractivity contribution in [3.05, 3.63) is 296 Å². The second-order valence-electron chi connectivity index (χ2n) is 42.1. The molecule has 0 radical (unpaired) electrons. The van der Waals surface area contributed by atoms with Crippen LogP contribution in [-0.4, -0.2) is 19.9 Å². The van der Waals surface area contributed by atoms with Crippen LogP contribution >= 0.6 is 0 Å². The predicted molar refractivity (Wildman–Crippen MR) is 505 cm³/mol. The van der Waals surface area contributed by atoms with E-state index in [1.54, 1.807) is 0 Å². The summed E-state index contributed by atoms with van der Waals surface area (Å²) in [4.78, 5) is 142. The smallest absolute Gasteiger partial charge is 0.186 e. The molecule has 0 aliphatic rings. The van der Waals surface area contributed by atoms with Gasteiger partial charge in [-0.25, -0.2) is 9.97 Å². The van der Waals surface area contributed by atoms with E-state index in [9.17, 15) is 0 Å². The SMILES string of the molecule is CC(C)(C)c1cc(-c2c3nc(c(-c4cc(C(C)(C)C)cc(C(C)(C)C)c4)c4[nH]c(c(-c5cc(C(C)(C)C)cc(C(C)(C)C)c5)c5nc(c(-c6cc(C(C)(C)C)cc(C(C)(C)C)c6)c6[nH]c2c2cc7c(=O)ccc(=O)c7cc62)c2cc6c(=O)ccc(=O)c6cc52)c2cc5c(=O)ccc(=O)c5cc42)c2cc4c(=O)ccc(=O)c4cc32)cc(C(C)(C)C)c1. The van der Waals surface area contributed by atoms with E-state index < -0.39 is 43.3 Å². The molecule has 4 aromatic heterocycles. The molecule has 2 N–H and O–H groups in total. The van der Waals surface area contributed by atoms with Crippen molar-refractivity contribution in [3.63, 3.8) is 0 Å². The third kappa shape index (κ3) is 13.3. The number of nitrogens with one attached hydrogen (secondary N) is 2. The monoisotopic (exact) mass is 1580 g/mol. The van der Waals surface area contributed by atoms with Crippen LogP contribution in [0.15, 0.2) is 208 Å². The molecule has 4 heterocycles. The summed E-state index contributed by atoms with van der Waals surface area (Å²) in [6, 6.07) is 51.8. The molecule has 602 valence electrons. The minimum Gasteiger partial charge on any atom is -0.353 e. The standard InChI is InChI=1S/C108H102N4O8/c1-101(2,3)57-33-53(34-58(41-57)102(4,5)6)89-93-73-45-65-67(83(115)27-25-81(65)113)47-75(73)95(109-93)90(54-35-59(103(7,8)9)42-60(36-54)104(10,11)12)97-77-49-69-71(87(119)31-29-85(69)117)51-79(77)99(111-97)92(56-39-63(107(19,20)21)44-64(40-56)108(22,23)24)100-80-52-72-70(86(118)30-32-88(72)120)50-78(80)98(112-100)91(55-37-61(105(13,14)15)43-62(38-55)106(16,17)18)96-76-48-68-66(46-74(76)94(89)110-96)82(114)26-28-84(68)116/h25-52,109,112H,1-24H3. The van der Waals surface area contributed by atoms with Gasteiger partial charge in [-0.15, -0.1) is 0 Å². The highest BCUT2D eigenvalue weighted by Gasteiger charge is 2.33. The van der Waals surface area contributed by atoms with E-state index in [4.69, 9.17) is 9.97 Å². The first kappa shape index (κ1) is 80.2. The van der Waals surface area contributed by atoms with Crippen molar-refractivity contribution in [1.29, 1.82) is 0 Å². The van der Waals surface area contributed by atoms with E-state index in [2.05, 4.69) is 249 Å². The summed E-state index contributed by atoms with van der Waals surface area (Å²) in [5, 5.41) is 5.46. The Morgan fingerprint density at radius 3 is 0.442 bits per heavy atom. The summed E-state index contributed by atoms with van der Waals surface area (Å²) >= 11 is 0. The maximum atomic E-state index is 15.1. The summed E-state index contributed by atoms with van der Waals surface area (Å²) in [5.41, 5.74) is 9.42. The number of hydrogen-bond donors (Lipinski definition) is 2. The fraction of sp³-hybridized carbons (Fsp3) is 0.296. The molecule has 120 heavy (non-hydrogen) atoms. The van der Waals surface area contributed by atoms with Gasteiger partial charge in [-0.05, 0) is 207 Å². The maximum absolute atomic E-state index is 15.1. The Labute approximate surface area is 696 Å². The van der Waals surface area contributed by atoms with Crippen LogP contribution in [0.1, 0.15) is 211 Å². The molecule has 17 aromatic rings. The molecule has 0 saturated heterocycles. The second kappa shape index (κ2) is 26.6. The molecule has 12 nitrogen and oxygen atoms in total. The van der Waals surface area contributed by atoms with Crippen LogP contribution in [0.4, 0.5) is 0 Å². The molecule has 0 fully saturated rings. The van der Waals surface area contributed by atoms with Crippen molar-refractivity contribution >= 4 is 130 Å². The van der Waals surface area contributed by atoms with Gasteiger partial charge >= 0.3 is 0 Å². The number of rotatable bonds is 4. The largest absolute Gasteiger partial charge is 0.353 e. The lowest BCUT2D eigenvalue weighted by Gasteiger charge is -2.26. The molecule has 0 saturated carbocycles. The maximum Gasteiger partial charge on any atom is 0.186 e. The van der Waals surface area contributed by atoms with Gasteiger partial charge in [0.2, 0.25) is 0 Å². The van der Waals surface area contributed by atoms with E-state index >= 15 is 38.4 Å². The van der Waals surface area contributed by atoms with Crippen molar-refractivity contribution in [2.24, 2.45) is 0 Å². The summed E-state index contributed by atoms with van der Waals surface area (Å²) < 4.78 is 0. The lowest BCUT2D eigenvalue weighted by Crippen LogP contribution is -2.16. The van der Waals surface area contributed by atoms with Gasteiger partial charge in [0.05, 0.1) is 44.1 Å². The zero-order chi connectivity index (χ0) is 86.3. The molecule has 0 aliphatic carbocycles. The number of aromatic nitrogens is 4. The summed E-state index contributed by atoms with van der Waals surface area (Å²) in [6.07, 6.45) is 0. The van der Waals surface area contributed by atoms with E-state index in [-0.39, 0.29) is 86.5 Å². The molecule has 0 aliphatic heterocycles. The lowest BCUT2D eigenvalue weighted by atomic mass is 9.78. The molecule has 0 atom stereocenters. The first-order valence-corrected chi connectivity index (χ1v) is 41.7. The zero-order valence-electron chi connectivity index (χ0n) is 73.3. The average molecular weight is 1580 g/mol. The molecule has 17 rings (SSSR count). The number of hydrogen-bond acceptors (Lipinski definition) is 10. The lowest BCUT2D eigenvalue weighted by molar-refractivity contribution is 0.568. The van der Waals surface area contributed by atoms with Crippen LogP contribution < -0.4 is 43.4 Å². The normalized spacial score (nSPS) is 13.3. The van der Waals surface area contributed by atoms with Gasteiger partial charge in [0.1, 0.15) is 0 Å². The minimum absolute atomic E-state index is 0.168. The van der Waals surface area contributed by atoms with Gasteiger partial charge in [0, 0.05) is 108 Å². The number of benzene rings is 12. The van der Waals surface area contributed by atoms with Gasteiger partial charge < -0.3 is 9.97 Å². The Bertz CT molecular complexity index is 6650. The number of H-pyrrole nitrogens is 2. The summed E-state index contributed by atoms with van der Waals surface area (Å²) in [6.45, 7) is 52.4. The van der Waals surface area contributed by atoms with Crippen molar-refractivity contribution in [2.75, 3.05) is 0 Å². The van der Waals surface area contributed by atoms with Crippen molar-refractivity contribution in [3.8, 4) is 44.5 Å². The molecular formula is C108H102N4O8. The number of aromatic amines is 2. The first-order valence-electron chi connectivity index (χ1n) is 41.7. The highest BCUT2D eigenvalue weighted by Crippen LogP contribution is 2.52. The van der Waals surface area contributed by atoms with E-state index in [0.29, 0.717) is 132 Å². The summed E-state index contributed by atoms with van der Waals surface area (Å²) in [7, 11) is 0. The second-order valence-corrected chi connectivity index (χ2v) is 42.1. The molecule has 0 spiro atoms. The topological polar surface area (TPSA) is 194 Å². The predicted octanol–water partition coefficient (Wildman–Crippen LogP) is 23.8. The Hall–Kier alpha value is -12.3. The van der Waals surface area contributed by atoms with Gasteiger partial charge in [-0.2, -0.15) is 0 Å². The fourth-order valence-corrected chi connectivity index (χ4v) is 17.6. The molecule has 0 unspecified atom stereocenters. The summed E-state index contributed by atoms with van der Waals surface area (Å²) in [5.74, 6) is 0. The Morgan fingerprint density at radius 2 is 0.308 bits per heavy atom. The Kier molecular flexibility index (Phi) is 17.8. The highest BCUT2D eigenvalue weighted by molar-refractivity contribution is 6.31. The third-order valence-electron chi connectivity index (χ3n) is 25.1. The molecule has 8 bridgehead atoms.